The lowest BCUT2D eigenvalue weighted by Gasteiger charge is -2.40. The highest BCUT2D eigenvalue weighted by Crippen LogP contribution is 2.30. The molecule has 1 amide bonds. The number of hydrogen-bond donors (Lipinski definition) is 1. The first-order valence-electron chi connectivity index (χ1n) is 12.7. The molecule has 7 nitrogen and oxygen atoms in total. The van der Waals surface area contributed by atoms with Gasteiger partial charge in [-0.3, -0.25) is 19.4 Å². The van der Waals surface area contributed by atoms with Crippen LogP contribution >= 0.6 is 22.6 Å². The van der Waals surface area contributed by atoms with Gasteiger partial charge in [0.1, 0.15) is 10.7 Å². The third-order valence-electron chi connectivity index (χ3n) is 6.94. The fraction of sp³-hybridized carbons (Fsp3) is 0.241. The number of amides is 1. The van der Waals surface area contributed by atoms with Gasteiger partial charge in [0, 0.05) is 70.6 Å². The predicted molar refractivity (Wildman–Crippen MR) is 160 cm³/mol. The second-order valence-electron chi connectivity index (χ2n) is 9.78. The summed E-state index contributed by atoms with van der Waals surface area (Å²) < 4.78 is 58.1. The first-order chi connectivity index (χ1) is 19.1. The van der Waals surface area contributed by atoms with Crippen molar-refractivity contribution in [2.75, 3.05) is 30.9 Å². The molecule has 0 spiro atoms. The van der Waals surface area contributed by atoms with Gasteiger partial charge >= 0.3 is 0 Å². The van der Waals surface area contributed by atoms with Crippen LogP contribution in [0.25, 0.3) is 10.9 Å². The van der Waals surface area contributed by atoms with Crippen LogP contribution in [0.4, 0.5) is 14.5 Å². The van der Waals surface area contributed by atoms with Gasteiger partial charge in [-0.15, -0.1) is 0 Å². The average Bonchev–Trinajstić information content (AvgIpc) is 3.06. The van der Waals surface area contributed by atoms with E-state index in [2.05, 4.69) is 32.3 Å². The molecule has 1 atom stereocenters. The summed E-state index contributed by atoms with van der Waals surface area (Å²) in [6.07, 6.45) is 4.81. The lowest BCUT2D eigenvalue weighted by atomic mass is 10.1. The summed E-state index contributed by atoms with van der Waals surface area (Å²) in [4.78, 5) is 21.3. The van der Waals surface area contributed by atoms with Crippen LogP contribution < -0.4 is 4.72 Å². The zero-order valence-corrected chi connectivity index (χ0v) is 24.6. The smallest absolute Gasteiger partial charge is 0.264 e. The van der Waals surface area contributed by atoms with Crippen LogP contribution in [0.3, 0.4) is 0 Å². The number of fused-ring (bicyclic) bond motifs is 1. The van der Waals surface area contributed by atoms with Crippen LogP contribution in [0.15, 0.2) is 98.6 Å². The third kappa shape index (κ3) is 6.11. The summed E-state index contributed by atoms with van der Waals surface area (Å²) >= 11 is 2.06. The zero-order chi connectivity index (χ0) is 28.4. The molecule has 1 fully saturated rings. The Kier molecular flexibility index (Phi) is 8.34. The Morgan fingerprint density at radius 1 is 1.10 bits per heavy atom. The van der Waals surface area contributed by atoms with Crippen molar-refractivity contribution in [2.24, 2.45) is 0 Å². The van der Waals surface area contributed by atoms with Gasteiger partial charge in [0.2, 0.25) is 0 Å². The van der Waals surface area contributed by atoms with Gasteiger partial charge in [0.25, 0.3) is 15.9 Å². The first kappa shape index (κ1) is 28.4. The molecule has 1 aliphatic heterocycles. The van der Waals surface area contributed by atoms with E-state index >= 15 is 0 Å². The van der Waals surface area contributed by atoms with Gasteiger partial charge in [-0.05, 0) is 72.0 Å². The molecule has 5 rings (SSSR count). The number of benzene rings is 2. The van der Waals surface area contributed by atoms with Crippen LogP contribution in [0.2, 0.25) is 0 Å². The van der Waals surface area contributed by atoms with Crippen molar-refractivity contribution >= 4 is 55.1 Å². The number of nitrogens with one attached hydrogen (secondary N) is 1. The van der Waals surface area contributed by atoms with Crippen molar-refractivity contribution < 1.29 is 22.0 Å². The highest BCUT2D eigenvalue weighted by molar-refractivity contribution is 14.1. The van der Waals surface area contributed by atoms with Crippen LogP contribution in [0, 0.1) is 0 Å². The molecule has 208 valence electrons. The van der Waals surface area contributed by atoms with Crippen molar-refractivity contribution in [2.45, 2.75) is 24.3 Å². The standard InChI is InChI=1S/C29H27F2IN4O3S/c1-19-17-35(18-22-16-23(32)9-12-25(30)27(22)31)14-15-36(19)29(37)21-7-10-24(11-8-21)34-40(38,39)26-6-2-4-20-5-3-13-33-28(20)26/h2-11,13,16,19,34H,12,14-15,17-18H2,1H3/t19-/m0/s1. The quantitative estimate of drug-likeness (QED) is 0.325. The number of carbonyl (C=O) groups is 1. The molecule has 2 heterocycles. The second kappa shape index (κ2) is 11.8. The predicted octanol–water partition coefficient (Wildman–Crippen LogP) is 5.98. The highest BCUT2D eigenvalue weighted by Gasteiger charge is 2.29. The lowest BCUT2D eigenvalue weighted by molar-refractivity contribution is 0.0506. The van der Waals surface area contributed by atoms with Gasteiger partial charge < -0.3 is 4.90 Å². The molecule has 1 aliphatic carbocycles. The molecule has 0 radical (unpaired) electrons. The summed E-state index contributed by atoms with van der Waals surface area (Å²) in [6.45, 7) is 3.63. The molecule has 40 heavy (non-hydrogen) atoms. The highest BCUT2D eigenvalue weighted by atomic mass is 127. The monoisotopic (exact) mass is 676 g/mol. The van der Waals surface area contributed by atoms with E-state index in [9.17, 15) is 22.0 Å². The minimum Gasteiger partial charge on any atom is -0.333 e. The first-order valence-corrected chi connectivity index (χ1v) is 15.3. The van der Waals surface area contributed by atoms with E-state index in [1.807, 2.05) is 11.8 Å². The Morgan fingerprint density at radius 3 is 2.60 bits per heavy atom. The maximum absolute atomic E-state index is 14.5. The van der Waals surface area contributed by atoms with E-state index in [1.165, 1.54) is 6.07 Å². The number of carbonyl (C=O) groups excluding carboxylic acids is 1. The second-order valence-corrected chi connectivity index (χ2v) is 12.7. The Morgan fingerprint density at radius 2 is 1.85 bits per heavy atom. The number of hydrogen-bond acceptors (Lipinski definition) is 5. The van der Waals surface area contributed by atoms with E-state index in [0.29, 0.717) is 47.4 Å². The average molecular weight is 677 g/mol. The Labute approximate surface area is 245 Å². The number of anilines is 1. The SMILES string of the molecule is C[C@H]1CN(CC2=CC(I)=CCC(F)=C2F)CCN1C(=O)c1ccc(NS(=O)(=O)c2cccc3cccnc23)cc1. The molecule has 0 unspecified atom stereocenters. The van der Waals surface area contributed by atoms with Crippen molar-refractivity contribution in [1.82, 2.24) is 14.8 Å². The fourth-order valence-corrected chi connectivity index (χ4v) is 6.76. The Bertz CT molecular complexity index is 1650. The lowest BCUT2D eigenvalue weighted by Crippen LogP contribution is -2.54. The topological polar surface area (TPSA) is 82.6 Å². The molecule has 1 saturated heterocycles. The largest absolute Gasteiger partial charge is 0.333 e. The molecule has 2 aromatic carbocycles. The van der Waals surface area contributed by atoms with Crippen LogP contribution in [0.1, 0.15) is 23.7 Å². The molecule has 0 bridgehead atoms. The van der Waals surface area contributed by atoms with Gasteiger partial charge in [0.05, 0.1) is 5.52 Å². The molecule has 3 aromatic rings. The van der Waals surface area contributed by atoms with Gasteiger partial charge in [-0.2, -0.15) is 0 Å². The van der Waals surface area contributed by atoms with E-state index in [4.69, 9.17) is 0 Å². The molecular weight excluding hydrogens is 649 g/mol. The van der Waals surface area contributed by atoms with Crippen LogP contribution in [-0.2, 0) is 10.0 Å². The van der Waals surface area contributed by atoms with Gasteiger partial charge in [0.15, 0.2) is 5.83 Å². The van der Waals surface area contributed by atoms with Crippen molar-refractivity contribution in [1.29, 1.82) is 0 Å². The molecule has 11 heteroatoms. The van der Waals surface area contributed by atoms with Gasteiger partial charge in [-0.25, -0.2) is 17.2 Å². The van der Waals surface area contributed by atoms with E-state index < -0.39 is 21.7 Å². The fourth-order valence-electron chi connectivity index (χ4n) is 4.92. The number of nitrogens with zero attached hydrogens (tertiary/aromatic N) is 3. The minimum atomic E-state index is -3.91. The maximum atomic E-state index is 14.5. The van der Waals surface area contributed by atoms with E-state index in [1.54, 1.807) is 71.8 Å². The number of allylic oxidation sites excluding steroid dienone is 4. The van der Waals surface area contributed by atoms with Crippen LogP contribution in [0.5, 0.6) is 0 Å². The zero-order valence-electron chi connectivity index (χ0n) is 21.6. The third-order valence-corrected chi connectivity index (χ3v) is 9.11. The van der Waals surface area contributed by atoms with E-state index in [-0.39, 0.29) is 29.8 Å². The van der Waals surface area contributed by atoms with Crippen molar-refractivity contribution in [3.05, 3.63) is 99.3 Å². The summed E-state index contributed by atoms with van der Waals surface area (Å²) in [5, 5.41) is 0.715. The Hall–Kier alpha value is -3.16. The van der Waals surface area contributed by atoms with Gasteiger partial charge in [-0.1, -0.05) is 24.3 Å². The van der Waals surface area contributed by atoms with Crippen LogP contribution in [-0.4, -0.2) is 61.3 Å². The molecule has 1 aromatic heterocycles. The summed E-state index contributed by atoms with van der Waals surface area (Å²) in [6, 6.07) is 14.6. The molecule has 2 aliphatic rings. The number of pyridine rings is 1. The Balaban J connectivity index is 1.24. The van der Waals surface area contributed by atoms with Crippen molar-refractivity contribution in [3.63, 3.8) is 0 Å². The normalized spacial score (nSPS) is 18.8. The maximum Gasteiger partial charge on any atom is 0.264 e. The molecule has 0 saturated carbocycles. The van der Waals surface area contributed by atoms with Crippen molar-refractivity contribution in [3.8, 4) is 0 Å². The number of sulfonamides is 1. The number of halogens is 3. The number of aromatic nitrogens is 1. The molecular formula is C29H27F2IN4O3S. The number of piperazine rings is 1. The van der Waals surface area contributed by atoms with E-state index in [0.717, 1.165) is 3.58 Å². The number of rotatable bonds is 6. The summed E-state index contributed by atoms with van der Waals surface area (Å²) in [7, 11) is -3.91. The molecule has 1 N–H and O–H groups in total. The summed E-state index contributed by atoms with van der Waals surface area (Å²) in [5.41, 5.74) is 1.44. The minimum absolute atomic E-state index is 0.0522. The number of para-hydroxylation sites is 1. The summed E-state index contributed by atoms with van der Waals surface area (Å²) in [5.74, 6) is -1.75.